The van der Waals surface area contributed by atoms with Crippen molar-refractivity contribution in [1.82, 2.24) is 4.98 Å². The number of benzene rings is 2. The number of anilines is 1. The molecule has 0 saturated carbocycles. The summed E-state index contributed by atoms with van der Waals surface area (Å²) in [6.07, 6.45) is 1.61. The lowest BCUT2D eigenvalue weighted by molar-refractivity contribution is 0.600. The van der Waals surface area contributed by atoms with Gasteiger partial charge in [0.1, 0.15) is 10.8 Å². The zero-order valence-corrected chi connectivity index (χ0v) is 15.8. The van der Waals surface area contributed by atoms with E-state index in [1.807, 2.05) is 0 Å². The Bertz CT molecular complexity index is 1040. The van der Waals surface area contributed by atoms with Gasteiger partial charge < -0.3 is 0 Å². The molecule has 0 amide bonds. The lowest BCUT2D eigenvalue weighted by atomic mass is 10.2. The Morgan fingerprint density at radius 1 is 1.12 bits per heavy atom. The molecule has 0 fully saturated rings. The van der Waals surface area contributed by atoms with E-state index in [4.69, 9.17) is 11.6 Å². The summed E-state index contributed by atoms with van der Waals surface area (Å²) >= 11 is 7.37. The second-order valence-electron chi connectivity index (χ2n) is 5.54. The smallest absolute Gasteiger partial charge is 0.262 e. The Balaban J connectivity index is 2.01. The van der Waals surface area contributed by atoms with E-state index in [1.54, 1.807) is 37.6 Å². The van der Waals surface area contributed by atoms with Crippen LogP contribution in [0.25, 0.3) is 10.6 Å². The fraction of sp³-hybridized carbons (Fsp3) is 0.118. The van der Waals surface area contributed by atoms with Crippen LogP contribution in [0.5, 0.6) is 0 Å². The molecule has 1 N–H and O–H groups in total. The summed E-state index contributed by atoms with van der Waals surface area (Å²) in [5.41, 5.74) is 1.81. The SMILES string of the molecule is Cc1cc(S(=O)(=O)Nc2cc(F)cc(-c3nccs3)c2)c(C)cc1Cl. The maximum Gasteiger partial charge on any atom is 0.262 e. The van der Waals surface area contributed by atoms with Gasteiger partial charge in [-0.05, 0) is 55.3 Å². The van der Waals surface area contributed by atoms with E-state index in [2.05, 4.69) is 9.71 Å². The molecule has 3 rings (SSSR count). The molecule has 2 aromatic carbocycles. The highest BCUT2D eigenvalue weighted by molar-refractivity contribution is 7.92. The number of hydrogen-bond donors (Lipinski definition) is 1. The van der Waals surface area contributed by atoms with Crippen LogP contribution in [0, 0.1) is 19.7 Å². The fourth-order valence-electron chi connectivity index (χ4n) is 2.39. The van der Waals surface area contributed by atoms with Crippen molar-refractivity contribution < 1.29 is 12.8 Å². The summed E-state index contributed by atoms with van der Waals surface area (Å²) in [6, 6.07) is 7.09. The number of halogens is 2. The van der Waals surface area contributed by atoms with E-state index >= 15 is 0 Å². The molecule has 0 unspecified atom stereocenters. The van der Waals surface area contributed by atoms with Crippen molar-refractivity contribution >= 4 is 38.6 Å². The molecule has 130 valence electrons. The Morgan fingerprint density at radius 3 is 2.56 bits per heavy atom. The Kier molecular flexibility index (Phi) is 4.81. The second-order valence-corrected chi connectivity index (χ2v) is 8.49. The minimum Gasteiger partial charge on any atom is -0.279 e. The van der Waals surface area contributed by atoms with Gasteiger partial charge in [-0.15, -0.1) is 11.3 Å². The summed E-state index contributed by atoms with van der Waals surface area (Å²) in [7, 11) is -3.88. The lowest BCUT2D eigenvalue weighted by Gasteiger charge is -2.13. The van der Waals surface area contributed by atoms with Crippen LogP contribution < -0.4 is 4.72 Å². The largest absolute Gasteiger partial charge is 0.279 e. The first kappa shape index (κ1) is 17.8. The van der Waals surface area contributed by atoms with Crippen LogP contribution in [0.4, 0.5) is 10.1 Å². The molecule has 0 aliphatic heterocycles. The summed E-state index contributed by atoms with van der Waals surface area (Å²) < 4.78 is 41.8. The predicted molar refractivity (Wildman–Crippen MR) is 99.2 cm³/mol. The highest BCUT2D eigenvalue weighted by atomic mass is 35.5. The topological polar surface area (TPSA) is 59.1 Å². The molecule has 0 saturated heterocycles. The van der Waals surface area contributed by atoms with Gasteiger partial charge in [0.15, 0.2) is 0 Å². The molecule has 0 spiro atoms. The molecule has 0 atom stereocenters. The number of thiazole rings is 1. The van der Waals surface area contributed by atoms with Gasteiger partial charge >= 0.3 is 0 Å². The summed E-state index contributed by atoms with van der Waals surface area (Å²) in [5.74, 6) is -0.547. The van der Waals surface area contributed by atoms with Crippen molar-refractivity contribution in [2.24, 2.45) is 0 Å². The Hall–Kier alpha value is -1.96. The molecule has 8 heteroatoms. The van der Waals surface area contributed by atoms with E-state index in [0.717, 1.165) is 6.07 Å². The summed E-state index contributed by atoms with van der Waals surface area (Å²) in [5, 5.41) is 2.87. The van der Waals surface area contributed by atoms with Gasteiger partial charge in [0.05, 0.1) is 10.6 Å². The molecule has 25 heavy (non-hydrogen) atoms. The van der Waals surface area contributed by atoms with Gasteiger partial charge in [-0.3, -0.25) is 4.72 Å². The summed E-state index contributed by atoms with van der Waals surface area (Å²) in [4.78, 5) is 4.22. The normalized spacial score (nSPS) is 11.5. The number of nitrogens with zero attached hydrogens (tertiary/aromatic N) is 1. The predicted octanol–water partition coefficient (Wildman–Crippen LogP) is 5.02. The van der Waals surface area contributed by atoms with Crippen LogP contribution in [0.3, 0.4) is 0 Å². The first-order chi connectivity index (χ1) is 11.8. The maximum absolute atomic E-state index is 13.9. The van der Waals surface area contributed by atoms with E-state index in [1.165, 1.54) is 23.5 Å². The quantitative estimate of drug-likeness (QED) is 0.673. The molecule has 4 nitrogen and oxygen atoms in total. The first-order valence-corrected chi connectivity index (χ1v) is 10.0. The molecule has 0 bridgehead atoms. The third-order valence-electron chi connectivity index (χ3n) is 3.57. The number of hydrogen-bond acceptors (Lipinski definition) is 4. The van der Waals surface area contributed by atoms with Gasteiger partial charge in [0, 0.05) is 22.2 Å². The number of aryl methyl sites for hydroxylation is 2. The standard InChI is InChI=1S/C17H14ClFN2O2S2/c1-10-6-16(11(2)5-15(10)18)25(22,23)21-14-8-12(7-13(19)9-14)17-20-3-4-24-17/h3-9,21H,1-2H3. The highest BCUT2D eigenvalue weighted by Gasteiger charge is 2.19. The molecule has 1 heterocycles. The monoisotopic (exact) mass is 396 g/mol. The number of aromatic nitrogens is 1. The van der Waals surface area contributed by atoms with Gasteiger partial charge in [0.25, 0.3) is 10.0 Å². The van der Waals surface area contributed by atoms with Gasteiger partial charge in [-0.1, -0.05) is 11.6 Å². The van der Waals surface area contributed by atoms with Crippen LogP contribution in [0.15, 0.2) is 46.8 Å². The fourth-order valence-corrected chi connectivity index (χ4v) is 4.59. The van der Waals surface area contributed by atoms with E-state index in [-0.39, 0.29) is 10.6 Å². The Morgan fingerprint density at radius 2 is 1.88 bits per heavy atom. The minimum atomic E-state index is -3.88. The van der Waals surface area contributed by atoms with Crippen molar-refractivity contribution in [3.05, 3.63) is 63.9 Å². The molecule has 3 aromatic rings. The van der Waals surface area contributed by atoms with Gasteiger partial charge in [-0.2, -0.15) is 0 Å². The van der Waals surface area contributed by atoms with Crippen LogP contribution in [0.2, 0.25) is 5.02 Å². The third-order valence-corrected chi connectivity index (χ3v) is 6.33. The van der Waals surface area contributed by atoms with Gasteiger partial charge in [0.2, 0.25) is 0 Å². The van der Waals surface area contributed by atoms with Crippen molar-refractivity contribution in [2.75, 3.05) is 4.72 Å². The zero-order valence-electron chi connectivity index (χ0n) is 13.4. The number of sulfonamides is 1. The van der Waals surface area contributed by atoms with Crippen molar-refractivity contribution in [1.29, 1.82) is 0 Å². The van der Waals surface area contributed by atoms with Crippen LogP contribution >= 0.6 is 22.9 Å². The Labute approximate surface area is 154 Å². The van der Waals surface area contributed by atoms with E-state index < -0.39 is 15.8 Å². The second kappa shape index (κ2) is 6.74. The lowest BCUT2D eigenvalue weighted by Crippen LogP contribution is -2.14. The van der Waals surface area contributed by atoms with E-state index in [0.29, 0.717) is 26.7 Å². The van der Waals surface area contributed by atoms with Crippen molar-refractivity contribution in [3.8, 4) is 10.6 Å². The number of nitrogens with one attached hydrogen (secondary N) is 1. The minimum absolute atomic E-state index is 0.106. The molecule has 0 aliphatic rings. The van der Waals surface area contributed by atoms with Gasteiger partial charge in [-0.25, -0.2) is 17.8 Å². The van der Waals surface area contributed by atoms with Crippen LogP contribution in [0.1, 0.15) is 11.1 Å². The van der Waals surface area contributed by atoms with Crippen LogP contribution in [-0.2, 0) is 10.0 Å². The average Bonchev–Trinajstić information content (AvgIpc) is 3.04. The zero-order chi connectivity index (χ0) is 18.2. The number of rotatable bonds is 4. The van der Waals surface area contributed by atoms with Crippen LogP contribution in [-0.4, -0.2) is 13.4 Å². The first-order valence-electron chi connectivity index (χ1n) is 7.26. The van der Waals surface area contributed by atoms with Crippen molar-refractivity contribution in [2.45, 2.75) is 18.7 Å². The molecular formula is C17H14ClFN2O2S2. The average molecular weight is 397 g/mol. The molecular weight excluding hydrogens is 383 g/mol. The maximum atomic E-state index is 13.9. The van der Waals surface area contributed by atoms with E-state index in [9.17, 15) is 12.8 Å². The summed E-state index contributed by atoms with van der Waals surface area (Å²) in [6.45, 7) is 3.38. The molecule has 0 radical (unpaired) electrons. The highest BCUT2D eigenvalue weighted by Crippen LogP contribution is 2.29. The molecule has 1 aromatic heterocycles. The molecule has 0 aliphatic carbocycles. The van der Waals surface area contributed by atoms with Crippen molar-refractivity contribution in [3.63, 3.8) is 0 Å². The third kappa shape index (κ3) is 3.84.